The fourth-order valence-corrected chi connectivity index (χ4v) is 4.18. The van der Waals surface area contributed by atoms with Crippen molar-refractivity contribution in [3.8, 4) is 0 Å². The number of piperidine rings is 1. The molecule has 0 aromatic carbocycles. The van der Waals surface area contributed by atoms with Gasteiger partial charge in [-0.1, -0.05) is 0 Å². The fourth-order valence-electron chi connectivity index (χ4n) is 3.39. The fraction of sp³-hybridized carbons (Fsp3) is 0.941. The molecule has 2 N–H and O–H groups in total. The van der Waals surface area contributed by atoms with Gasteiger partial charge >= 0.3 is 0 Å². The third-order valence-electron chi connectivity index (χ3n) is 5.24. The van der Waals surface area contributed by atoms with Crippen LogP contribution in [-0.2, 0) is 4.74 Å². The lowest BCUT2D eigenvalue weighted by Gasteiger charge is -2.37. The number of rotatable bonds is 5. The Hall–Kier alpha value is -0.460. The number of hydrogen-bond donors (Lipinski definition) is 2. The molecule has 6 heteroatoms. The minimum atomic E-state index is 0.289. The van der Waals surface area contributed by atoms with E-state index in [-0.39, 0.29) is 4.75 Å². The summed E-state index contributed by atoms with van der Waals surface area (Å²) < 4.78 is 5.81. The highest BCUT2D eigenvalue weighted by atomic mass is 32.2. The van der Waals surface area contributed by atoms with E-state index in [1.807, 2.05) is 18.8 Å². The standard InChI is InChI=1S/C17H34N4OS/c1-14(2)21-9-5-15(6-10-21)20-16(18-3)19-13-17(23-4)7-11-22-12-8-17/h14-15H,5-13H2,1-4H3,(H2,18,19,20). The molecule has 2 aliphatic rings. The zero-order valence-corrected chi connectivity index (χ0v) is 16.0. The third kappa shape index (κ3) is 5.54. The van der Waals surface area contributed by atoms with Crippen molar-refractivity contribution in [2.24, 2.45) is 4.99 Å². The van der Waals surface area contributed by atoms with E-state index < -0.39 is 0 Å². The maximum Gasteiger partial charge on any atom is 0.191 e. The van der Waals surface area contributed by atoms with E-state index in [0.29, 0.717) is 12.1 Å². The molecule has 0 spiro atoms. The summed E-state index contributed by atoms with van der Waals surface area (Å²) in [7, 11) is 1.87. The summed E-state index contributed by atoms with van der Waals surface area (Å²) in [5, 5.41) is 7.18. The zero-order valence-electron chi connectivity index (χ0n) is 15.2. The van der Waals surface area contributed by atoms with Crippen molar-refractivity contribution < 1.29 is 4.74 Å². The van der Waals surface area contributed by atoms with Crippen LogP contribution in [0.5, 0.6) is 0 Å². The number of nitrogens with zero attached hydrogens (tertiary/aromatic N) is 2. The number of ether oxygens (including phenoxy) is 1. The van der Waals surface area contributed by atoms with Gasteiger partial charge in [0.05, 0.1) is 0 Å². The van der Waals surface area contributed by atoms with Gasteiger partial charge in [0.2, 0.25) is 0 Å². The quantitative estimate of drug-likeness (QED) is 0.591. The van der Waals surface area contributed by atoms with Crippen LogP contribution < -0.4 is 10.6 Å². The first kappa shape index (κ1) is 18.9. The highest BCUT2D eigenvalue weighted by molar-refractivity contribution is 8.00. The van der Waals surface area contributed by atoms with Crippen molar-refractivity contribution in [2.75, 3.05) is 46.2 Å². The molecule has 2 rings (SSSR count). The Bertz CT molecular complexity index is 375. The number of guanidine groups is 1. The van der Waals surface area contributed by atoms with Crippen LogP contribution in [0.15, 0.2) is 4.99 Å². The minimum Gasteiger partial charge on any atom is -0.381 e. The van der Waals surface area contributed by atoms with E-state index in [1.54, 1.807) is 0 Å². The monoisotopic (exact) mass is 342 g/mol. The molecule has 0 atom stereocenters. The van der Waals surface area contributed by atoms with E-state index >= 15 is 0 Å². The van der Waals surface area contributed by atoms with Crippen LogP contribution in [-0.4, -0.2) is 73.8 Å². The molecule has 0 amide bonds. The van der Waals surface area contributed by atoms with Gasteiger partial charge in [-0.3, -0.25) is 4.99 Å². The molecular weight excluding hydrogens is 308 g/mol. The topological polar surface area (TPSA) is 48.9 Å². The largest absolute Gasteiger partial charge is 0.381 e. The van der Waals surface area contributed by atoms with Gasteiger partial charge in [-0.15, -0.1) is 0 Å². The molecule has 0 bridgehead atoms. The summed E-state index contributed by atoms with van der Waals surface area (Å²) in [5.41, 5.74) is 0. The molecular formula is C17H34N4OS. The molecule has 5 nitrogen and oxygen atoms in total. The zero-order chi connectivity index (χ0) is 16.7. The molecule has 0 saturated carbocycles. The van der Waals surface area contributed by atoms with Crippen LogP contribution in [0.2, 0.25) is 0 Å². The molecule has 0 aliphatic carbocycles. The van der Waals surface area contributed by atoms with Gasteiger partial charge in [-0.05, 0) is 45.8 Å². The number of likely N-dealkylation sites (tertiary alicyclic amines) is 1. The van der Waals surface area contributed by atoms with E-state index in [2.05, 4.69) is 40.6 Å². The van der Waals surface area contributed by atoms with E-state index in [1.165, 1.54) is 25.9 Å². The first-order chi connectivity index (χ1) is 11.1. The number of aliphatic imine (C=N–C) groups is 1. The highest BCUT2D eigenvalue weighted by Crippen LogP contribution is 2.32. The van der Waals surface area contributed by atoms with Crippen LogP contribution in [0.3, 0.4) is 0 Å². The molecule has 0 aromatic heterocycles. The maximum absolute atomic E-state index is 5.52. The van der Waals surface area contributed by atoms with Gasteiger partial charge in [0.1, 0.15) is 0 Å². The highest BCUT2D eigenvalue weighted by Gasteiger charge is 2.32. The van der Waals surface area contributed by atoms with E-state index in [4.69, 9.17) is 4.74 Å². The van der Waals surface area contributed by atoms with Gasteiger partial charge in [0.15, 0.2) is 5.96 Å². The minimum absolute atomic E-state index is 0.289. The van der Waals surface area contributed by atoms with Crippen LogP contribution in [0.4, 0.5) is 0 Å². The van der Waals surface area contributed by atoms with Crippen molar-refractivity contribution in [1.82, 2.24) is 15.5 Å². The first-order valence-corrected chi connectivity index (χ1v) is 10.2. The second-order valence-electron chi connectivity index (χ2n) is 6.97. The molecule has 2 aliphatic heterocycles. The van der Waals surface area contributed by atoms with Crippen molar-refractivity contribution in [2.45, 2.75) is 56.4 Å². The summed E-state index contributed by atoms with van der Waals surface area (Å²) in [6.07, 6.45) is 6.83. The lowest BCUT2D eigenvalue weighted by molar-refractivity contribution is 0.0782. The Labute approximate surface area is 146 Å². The number of nitrogens with one attached hydrogen (secondary N) is 2. The Morgan fingerprint density at radius 2 is 1.96 bits per heavy atom. The Morgan fingerprint density at radius 1 is 1.30 bits per heavy atom. The number of thioether (sulfide) groups is 1. The maximum atomic E-state index is 5.52. The SMILES string of the molecule is CN=C(NCC1(SC)CCOCC1)NC1CCN(C(C)C)CC1. The lowest BCUT2D eigenvalue weighted by atomic mass is 9.99. The molecule has 2 fully saturated rings. The molecule has 0 aromatic rings. The first-order valence-electron chi connectivity index (χ1n) is 8.93. The second kappa shape index (κ2) is 9.14. The van der Waals surface area contributed by atoms with Crippen molar-refractivity contribution in [3.05, 3.63) is 0 Å². The predicted molar refractivity (Wildman–Crippen MR) is 101 cm³/mol. The second-order valence-corrected chi connectivity index (χ2v) is 8.25. The van der Waals surface area contributed by atoms with Gasteiger partial charge < -0.3 is 20.3 Å². The summed E-state index contributed by atoms with van der Waals surface area (Å²) in [6, 6.07) is 1.19. The van der Waals surface area contributed by atoms with E-state index in [0.717, 1.165) is 38.6 Å². The van der Waals surface area contributed by atoms with Gasteiger partial charge in [-0.2, -0.15) is 11.8 Å². The Morgan fingerprint density at radius 3 is 2.48 bits per heavy atom. The molecule has 2 heterocycles. The van der Waals surface area contributed by atoms with Gasteiger partial charge in [0, 0.05) is 56.7 Å². The van der Waals surface area contributed by atoms with Crippen LogP contribution in [0.25, 0.3) is 0 Å². The van der Waals surface area contributed by atoms with Gasteiger partial charge in [-0.25, -0.2) is 0 Å². The Balaban J connectivity index is 1.77. The average molecular weight is 343 g/mol. The third-order valence-corrected chi connectivity index (χ3v) is 6.66. The lowest BCUT2D eigenvalue weighted by Crippen LogP contribution is -2.52. The normalized spacial score (nSPS) is 24.0. The molecule has 2 saturated heterocycles. The predicted octanol–water partition coefficient (Wildman–Crippen LogP) is 1.94. The van der Waals surface area contributed by atoms with Crippen LogP contribution in [0, 0.1) is 0 Å². The van der Waals surface area contributed by atoms with Crippen molar-refractivity contribution in [3.63, 3.8) is 0 Å². The summed E-state index contributed by atoms with van der Waals surface area (Å²) in [4.78, 5) is 6.98. The molecule has 23 heavy (non-hydrogen) atoms. The molecule has 0 radical (unpaired) electrons. The summed E-state index contributed by atoms with van der Waals surface area (Å²) in [6.45, 7) is 9.64. The summed E-state index contributed by atoms with van der Waals surface area (Å²) >= 11 is 1.96. The molecule has 134 valence electrons. The smallest absolute Gasteiger partial charge is 0.191 e. The van der Waals surface area contributed by atoms with Crippen LogP contribution >= 0.6 is 11.8 Å². The van der Waals surface area contributed by atoms with Crippen molar-refractivity contribution in [1.29, 1.82) is 0 Å². The summed E-state index contributed by atoms with van der Waals surface area (Å²) in [5.74, 6) is 0.952. The Kier molecular flexibility index (Phi) is 7.50. The van der Waals surface area contributed by atoms with Gasteiger partial charge in [0.25, 0.3) is 0 Å². The van der Waals surface area contributed by atoms with Crippen molar-refractivity contribution >= 4 is 17.7 Å². The average Bonchev–Trinajstić information content (AvgIpc) is 2.59. The number of hydrogen-bond acceptors (Lipinski definition) is 4. The molecule has 0 unspecified atom stereocenters. The van der Waals surface area contributed by atoms with Crippen LogP contribution in [0.1, 0.15) is 39.5 Å². The van der Waals surface area contributed by atoms with E-state index in [9.17, 15) is 0 Å².